The van der Waals surface area contributed by atoms with E-state index in [0.29, 0.717) is 5.56 Å². The van der Waals surface area contributed by atoms with Crippen molar-refractivity contribution < 1.29 is 64.6 Å². The average Bonchev–Trinajstić information content (AvgIpc) is 2.82. The molecule has 34 heavy (non-hydrogen) atoms. The van der Waals surface area contributed by atoms with Crippen molar-refractivity contribution in [3.63, 3.8) is 0 Å². The lowest BCUT2D eigenvalue weighted by Crippen LogP contribution is -2.64. The Labute approximate surface area is 193 Å². The maximum atomic E-state index is 11.9. The van der Waals surface area contributed by atoms with Gasteiger partial charge in [0.25, 0.3) is 0 Å². The normalized spacial score (nSPS) is 38.7. The van der Waals surface area contributed by atoms with E-state index in [1.165, 1.54) is 18.2 Å². The summed E-state index contributed by atoms with van der Waals surface area (Å²) in [5.74, 6) is -0.735. The molecule has 0 saturated carbocycles. The zero-order valence-electron chi connectivity index (χ0n) is 17.8. The highest BCUT2D eigenvalue weighted by Crippen LogP contribution is 2.28. The molecule has 1 aromatic carbocycles. The molecular weight excluding hydrogens is 460 g/mol. The van der Waals surface area contributed by atoms with Crippen molar-refractivity contribution >= 4 is 12.0 Å². The Morgan fingerprint density at radius 2 is 1.53 bits per heavy atom. The van der Waals surface area contributed by atoms with E-state index in [2.05, 4.69) is 0 Å². The molecular formula is C21H28O13. The Kier molecular flexibility index (Phi) is 8.95. The van der Waals surface area contributed by atoms with Crippen molar-refractivity contribution in [2.45, 2.75) is 61.4 Å². The molecule has 0 bridgehead atoms. The highest BCUT2D eigenvalue weighted by atomic mass is 16.7. The third kappa shape index (κ3) is 6.09. The number of phenols is 1. The van der Waals surface area contributed by atoms with E-state index in [1.807, 2.05) is 0 Å². The summed E-state index contributed by atoms with van der Waals surface area (Å²) < 4.78 is 20.6. The molecule has 8 N–H and O–H groups in total. The summed E-state index contributed by atoms with van der Waals surface area (Å²) in [6.45, 7) is -1.24. The molecule has 2 aliphatic rings. The minimum Gasteiger partial charge on any atom is -0.508 e. The molecule has 2 fully saturated rings. The minimum atomic E-state index is -1.86. The third-order valence-corrected chi connectivity index (χ3v) is 5.50. The van der Waals surface area contributed by atoms with Gasteiger partial charge in [-0.15, -0.1) is 0 Å². The zero-order chi connectivity index (χ0) is 25.0. The third-order valence-electron chi connectivity index (χ3n) is 5.50. The van der Waals surface area contributed by atoms with Crippen molar-refractivity contribution in [2.75, 3.05) is 13.2 Å². The van der Waals surface area contributed by atoms with Crippen molar-refractivity contribution in [3.8, 4) is 5.75 Å². The first kappa shape index (κ1) is 26.4. The molecule has 2 heterocycles. The summed E-state index contributed by atoms with van der Waals surface area (Å²) >= 11 is 0. The fourth-order valence-electron chi connectivity index (χ4n) is 3.50. The van der Waals surface area contributed by atoms with E-state index in [4.69, 9.17) is 18.9 Å². The number of esters is 1. The lowest BCUT2D eigenvalue weighted by atomic mass is 9.97. The lowest BCUT2D eigenvalue weighted by molar-refractivity contribution is -0.361. The molecule has 2 aliphatic heterocycles. The fourth-order valence-corrected chi connectivity index (χ4v) is 3.50. The first-order valence-corrected chi connectivity index (χ1v) is 10.4. The van der Waals surface area contributed by atoms with Crippen LogP contribution in [-0.4, -0.2) is 121 Å². The lowest BCUT2D eigenvalue weighted by Gasteiger charge is -2.45. The second-order valence-electron chi connectivity index (χ2n) is 7.90. The quantitative estimate of drug-likeness (QED) is 0.139. The van der Waals surface area contributed by atoms with Crippen molar-refractivity contribution in [2.24, 2.45) is 0 Å². The number of ether oxygens (including phenoxy) is 4. The van der Waals surface area contributed by atoms with Crippen LogP contribution in [0.25, 0.3) is 6.08 Å². The molecule has 0 aromatic heterocycles. The number of rotatable bonds is 7. The first-order chi connectivity index (χ1) is 16.1. The fraction of sp³-hybridized carbons (Fsp3) is 0.571. The number of hydrogen-bond acceptors (Lipinski definition) is 13. The topological polar surface area (TPSA) is 216 Å². The largest absolute Gasteiger partial charge is 0.508 e. The van der Waals surface area contributed by atoms with Crippen LogP contribution in [-0.2, 0) is 23.7 Å². The summed E-state index contributed by atoms with van der Waals surface area (Å²) in [4.78, 5) is 11.9. The standard InChI is InChI=1S/C21H28O13/c22-7-11-14(25)16(27)18(29)21(33-11)34-19-17(28)15(26)12(32-20(19)30)8-31-13(24)6-3-9-1-4-10(23)5-2-9/h1-6,11-12,14-23,25-30H,7-8H2/b6-3+/t11-,12+,14+,15+,16+,17-,18+,19+,20+,21+/m1/s1. The van der Waals surface area contributed by atoms with E-state index in [9.17, 15) is 45.6 Å². The molecule has 190 valence electrons. The predicted molar refractivity (Wildman–Crippen MR) is 110 cm³/mol. The summed E-state index contributed by atoms with van der Waals surface area (Å²) in [5.41, 5.74) is 0.614. The van der Waals surface area contributed by atoms with Gasteiger partial charge in [-0.25, -0.2) is 4.79 Å². The molecule has 0 spiro atoms. The molecule has 13 heteroatoms. The summed E-state index contributed by atoms with van der Waals surface area (Å²) in [6, 6.07) is 6.00. The molecule has 13 nitrogen and oxygen atoms in total. The number of carbonyl (C=O) groups is 1. The van der Waals surface area contributed by atoms with Crippen LogP contribution in [0.1, 0.15) is 5.56 Å². The molecule has 1 aromatic rings. The Morgan fingerprint density at radius 3 is 2.18 bits per heavy atom. The van der Waals surface area contributed by atoms with Crippen LogP contribution in [0.5, 0.6) is 5.75 Å². The van der Waals surface area contributed by atoms with Gasteiger partial charge in [-0.1, -0.05) is 12.1 Å². The number of hydrogen-bond donors (Lipinski definition) is 8. The monoisotopic (exact) mass is 488 g/mol. The summed E-state index contributed by atoms with van der Waals surface area (Å²) in [5, 5.41) is 79.1. The van der Waals surface area contributed by atoms with Gasteiger partial charge in [0.15, 0.2) is 12.6 Å². The smallest absolute Gasteiger partial charge is 0.330 e. The van der Waals surface area contributed by atoms with E-state index in [0.717, 1.165) is 6.08 Å². The Morgan fingerprint density at radius 1 is 0.882 bits per heavy atom. The second-order valence-corrected chi connectivity index (χ2v) is 7.90. The number of aliphatic hydroxyl groups excluding tert-OH is 7. The maximum Gasteiger partial charge on any atom is 0.330 e. The van der Waals surface area contributed by atoms with Crippen LogP contribution >= 0.6 is 0 Å². The molecule has 0 radical (unpaired) electrons. The van der Waals surface area contributed by atoms with Gasteiger partial charge in [-0.3, -0.25) is 0 Å². The van der Waals surface area contributed by atoms with Gasteiger partial charge in [0.05, 0.1) is 6.61 Å². The van der Waals surface area contributed by atoms with Gasteiger partial charge in [0, 0.05) is 6.08 Å². The van der Waals surface area contributed by atoms with Crippen LogP contribution in [0.3, 0.4) is 0 Å². The molecule has 10 atom stereocenters. The Hall–Kier alpha value is -2.17. The van der Waals surface area contributed by atoms with Gasteiger partial charge in [-0.05, 0) is 23.8 Å². The summed E-state index contributed by atoms with van der Waals surface area (Å²) in [7, 11) is 0. The molecule has 0 amide bonds. The number of aliphatic hydroxyl groups is 7. The molecule has 0 aliphatic carbocycles. The van der Waals surface area contributed by atoms with Crippen molar-refractivity contribution in [3.05, 3.63) is 35.9 Å². The van der Waals surface area contributed by atoms with E-state index in [1.54, 1.807) is 12.1 Å². The van der Waals surface area contributed by atoms with Gasteiger partial charge in [0.1, 0.15) is 61.2 Å². The van der Waals surface area contributed by atoms with Gasteiger partial charge in [0.2, 0.25) is 0 Å². The Bertz CT molecular complexity index is 828. The van der Waals surface area contributed by atoms with Gasteiger partial charge in [-0.2, -0.15) is 0 Å². The second kappa shape index (κ2) is 11.5. The van der Waals surface area contributed by atoms with Crippen LogP contribution < -0.4 is 0 Å². The van der Waals surface area contributed by atoms with Crippen LogP contribution in [0, 0.1) is 0 Å². The van der Waals surface area contributed by atoms with Crippen molar-refractivity contribution in [1.29, 1.82) is 0 Å². The highest BCUT2D eigenvalue weighted by molar-refractivity contribution is 5.87. The predicted octanol–water partition coefficient (Wildman–Crippen LogP) is -3.43. The van der Waals surface area contributed by atoms with Crippen LogP contribution in [0.15, 0.2) is 30.3 Å². The van der Waals surface area contributed by atoms with E-state index in [-0.39, 0.29) is 5.75 Å². The minimum absolute atomic E-state index is 0.0640. The molecule has 2 saturated heterocycles. The molecule has 0 unspecified atom stereocenters. The first-order valence-electron chi connectivity index (χ1n) is 10.4. The van der Waals surface area contributed by atoms with Gasteiger partial charge < -0.3 is 59.8 Å². The number of phenolic OH excluding ortho intramolecular Hbond substituents is 1. The average molecular weight is 488 g/mol. The zero-order valence-corrected chi connectivity index (χ0v) is 17.8. The SMILES string of the molecule is O=C(/C=C/c1ccc(O)cc1)OC[C@@H]1O[C@H](O)[C@@H](O[C@@H]2O[C@H](CO)[C@H](O)[C@H](O)[C@@H]2O)[C@H](O)[C@H]1O. The van der Waals surface area contributed by atoms with Crippen LogP contribution in [0.2, 0.25) is 0 Å². The summed E-state index contributed by atoms with van der Waals surface area (Å²) in [6.07, 6.45) is -13.9. The van der Waals surface area contributed by atoms with Crippen molar-refractivity contribution in [1.82, 2.24) is 0 Å². The maximum absolute atomic E-state index is 11.9. The Balaban J connectivity index is 1.54. The van der Waals surface area contributed by atoms with Crippen LogP contribution in [0.4, 0.5) is 0 Å². The number of aromatic hydroxyl groups is 1. The van der Waals surface area contributed by atoms with E-state index >= 15 is 0 Å². The van der Waals surface area contributed by atoms with E-state index < -0.39 is 80.6 Å². The van der Waals surface area contributed by atoms with Gasteiger partial charge >= 0.3 is 5.97 Å². The highest BCUT2D eigenvalue weighted by Gasteiger charge is 2.50. The number of carbonyl (C=O) groups excluding carboxylic acids is 1. The number of benzene rings is 1. The molecule has 3 rings (SSSR count).